The van der Waals surface area contributed by atoms with Crippen LogP contribution < -0.4 is 10.6 Å². The third-order valence-corrected chi connectivity index (χ3v) is 2.61. The standard InChI is InChI=1S/C13H17F4N3.HI/c1-9-7-10(3-4-11(9)14)8-20-12(18-2)19-6-5-13(15,16)17;/h3-4,7H,5-6,8H2,1-2H3,(H2,18,19,20);1H. The molecule has 0 spiro atoms. The molecule has 0 amide bonds. The minimum atomic E-state index is -4.19. The summed E-state index contributed by atoms with van der Waals surface area (Å²) >= 11 is 0. The molecule has 0 aromatic heterocycles. The second-order valence-electron chi connectivity index (χ2n) is 4.30. The number of aliphatic imine (C=N–C) groups is 1. The Kier molecular flexibility index (Phi) is 8.60. The zero-order chi connectivity index (χ0) is 15.2. The van der Waals surface area contributed by atoms with Crippen LogP contribution in [0.4, 0.5) is 17.6 Å². The summed E-state index contributed by atoms with van der Waals surface area (Å²) in [6.07, 6.45) is -5.12. The minimum Gasteiger partial charge on any atom is -0.356 e. The van der Waals surface area contributed by atoms with Crippen molar-refractivity contribution in [1.82, 2.24) is 10.6 Å². The van der Waals surface area contributed by atoms with Crippen LogP contribution in [-0.2, 0) is 6.54 Å². The van der Waals surface area contributed by atoms with E-state index in [0.29, 0.717) is 12.1 Å². The lowest BCUT2D eigenvalue weighted by Crippen LogP contribution is -2.38. The summed E-state index contributed by atoms with van der Waals surface area (Å²) in [5.41, 5.74) is 1.34. The molecule has 2 N–H and O–H groups in total. The van der Waals surface area contributed by atoms with Crippen LogP contribution in [0.3, 0.4) is 0 Å². The number of hydrogen-bond acceptors (Lipinski definition) is 1. The fourth-order valence-electron chi connectivity index (χ4n) is 1.55. The predicted octanol–water partition coefficient (Wildman–Crippen LogP) is 3.37. The van der Waals surface area contributed by atoms with Crippen LogP contribution in [0.15, 0.2) is 23.2 Å². The lowest BCUT2D eigenvalue weighted by atomic mass is 10.1. The number of rotatable bonds is 4. The van der Waals surface area contributed by atoms with E-state index in [2.05, 4.69) is 15.6 Å². The van der Waals surface area contributed by atoms with Crippen LogP contribution in [0.1, 0.15) is 17.5 Å². The van der Waals surface area contributed by atoms with Crippen molar-refractivity contribution in [3.05, 3.63) is 35.1 Å². The fourth-order valence-corrected chi connectivity index (χ4v) is 1.55. The van der Waals surface area contributed by atoms with Crippen molar-refractivity contribution >= 4 is 29.9 Å². The van der Waals surface area contributed by atoms with E-state index in [1.165, 1.54) is 13.1 Å². The summed E-state index contributed by atoms with van der Waals surface area (Å²) in [6.45, 7) is 1.76. The molecule has 0 aliphatic heterocycles. The number of benzene rings is 1. The smallest absolute Gasteiger partial charge is 0.356 e. The fraction of sp³-hybridized carbons (Fsp3) is 0.462. The van der Waals surface area contributed by atoms with Gasteiger partial charge in [-0.05, 0) is 24.1 Å². The van der Waals surface area contributed by atoms with Gasteiger partial charge < -0.3 is 10.6 Å². The summed E-state index contributed by atoms with van der Waals surface area (Å²) in [6, 6.07) is 4.63. The maximum Gasteiger partial charge on any atom is 0.390 e. The second kappa shape index (κ2) is 9.06. The van der Waals surface area contributed by atoms with Gasteiger partial charge in [0.15, 0.2) is 5.96 Å². The lowest BCUT2D eigenvalue weighted by Gasteiger charge is -2.13. The SMILES string of the molecule is CN=C(NCCC(F)(F)F)NCc1ccc(F)c(C)c1.I. The molecule has 0 atom stereocenters. The Morgan fingerprint density at radius 3 is 2.43 bits per heavy atom. The van der Waals surface area contributed by atoms with Crippen LogP contribution in [-0.4, -0.2) is 25.7 Å². The van der Waals surface area contributed by atoms with E-state index >= 15 is 0 Å². The highest BCUT2D eigenvalue weighted by atomic mass is 127. The molecule has 0 radical (unpaired) electrons. The van der Waals surface area contributed by atoms with E-state index in [1.54, 1.807) is 19.1 Å². The van der Waals surface area contributed by atoms with E-state index < -0.39 is 12.6 Å². The third kappa shape index (κ3) is 8.08. The Morgan fingerprint density at radius 2 is 1.90 bits per heavy atom. The van der Waals surface area contributed by atoms with Gasteiger partial charge in [0.05, 0.1) is 6.42 Å². The monoisotopic (exact) mass is 419 g/mol. The Bertz CT molecular complexity index is 475. The molecular formula is C13H18F4IN3. The largest absolute Gasteiger partial charge is 0.390 e. The van der Waals surface area contributed by atoms with Crippen LogP contribution in [0.5, 0.6) is 0 Å². The number of alkyl halides is 3. The van der Waals surface area contributed by atoms with E-state index in [1.807, 2.05) is 0 Å². The average molecular weight is 419 g/mol. The van der Waals surface area contributed by atoms with Crippen molar-refractivity contribution in [1.29, 1.82) is 0 Å². The first-order valence-corrected chi connectivity index (χ1v) is 6.08. The number of nitrogens with zero attached hydrogens (tertiary/aromatic N) is 1. The molecule has 0 heterocycles. The summed E-state index contributed by atoms with van der Waals surface area (Å²) in [4.78, 5) is 3.82. The van der Waals surface area contributed by atoms with E-state index in [0.717, 1.165) is 5.56 Å². The Balaban J connectivity index is 0.00000400. The number of halogens is 5. The van der Waals surface area contributed by atoms with E-state index in [4.69, 9.17) is 0 Å². The predicted molar refractivity (Wildman–Crippen MR) is 85.4 cm³/mol. The lowest BCUT2D eigenvalue weighted by molar-refractivity contribution is -0.132. The van der Waals surface area contributed by atoms with Crippen LogP contribution in [0, 0.1) is 12.7 Å². The summed E-state index contributed by atoms with van der Waals surface area (Å²) in [5.74, 6) is -0.0161. The number of hydrogen-bond donors (Lipinski definition) is 2. The second-order valence-corrected chi connectivity index (χ2v) is 4.30. The number of guanidine groups is 1. The molecule has 120 valence electrons. The molecule has 0 saturated heterocycles. The van der Waals surface area contributed by atoms with Gasteiger partial charge in [-0.25, -0.2) is 4.39 Å². The highest BCUT2D eigenvalue weighted by Gasteiger charge is 2.26. The van der Waals surface area contributed by atoms with E-state index in [9.17, 15) is 17.6 Å². The molecule has 0 unspecified atom stereocenters. The molecule has 8 heteroatoms. The molecule has 0 bridgehead atoms. The highest BCUT2D eigenvalue weighted by Crippen LogP contribution is 2.18. The van der Waals surface area contributed by atoms with Crippen molar-refractivity contribution in [3.8, 4) is 0 Å². The van der Waals surface area contributed by atoms with Gasteiger partial charge in [0.2, 0.25) is 0 Å². The van der Waals surface area contributed by atoms with Gasteiger partial charge in [-0.3, -0.25) is 4.99 Å². The Hall–Kier alpha value is -1.06. The zero-order valence-corrected chi connectivity index (χ0v) is 14.1. The number of nitrogens with one attached hydrogen (secondary N) is 2. The van der Waals surface area contributed by atoms with Crippen molar-refractivity contribution < 1.29 is 17.6 Å². The van der Waals surface area contributed by atoms with Crippen LogP contribution in [0.25, 0.3) is 0 Å². The molecule has 0 fully saturated rings. The molecule has 1 aromatic rings. The normalized spacial score (nSPS) is 11.8. The first kappa shape index (κ1) is 19.9. The molecule has 0 aliphatic rings. The van der Waals surface area contributed by atoms with Crippen molar-refractivity contribution in [2.24, 2.45) is 4.99 Å². The molecular weight excluding hydrogens is 401 g/mol. The maximum absolute atomic E-state index is 13.1. The average Bonchev–Trinajstić information content (AvgIpc) is 2.36. The molecule has 3 nitrogen and oxygen atoms in total. The highest BCUT2D eigenvalue weighted by molar-refractivity contribution is 14.0. The van der Waals surface area contributed by atoms with Crippen molar-refractivity contribution in [2.45, 2.75) is 26.1 Å². The van der Waals surface area contributed by atoms with Crippen molar-refractivity contribution in [3.63, 3.8) is 0 Å². The summed E-state index contributed by atoms with van der Waals surface area (Å²) in [5, 5.41) is 5.43. The van der Waals surface area contributed by atoms with Gasteiger partial charge in [-0.1, -0.05) is 12.1 Å². The Labute approximate surface area is 138 Å². The zero-order valence-electron chi connectivity index (χ0n) is 11.7. The quantitative estimate of drug-likeness (QED) is 0.340. The topological polar surface area (TPSA) is 36.4 Å². The van der Waals surface area contributed by atoms with Gasteiger partial charge in [-0.2, -0.15) is 13.2 Å². The van der Waals surface area contributed by atoms with Crippen LogP contribution >= 0.6 is 24.0 Å². The van der Waals surface area contributed by atoms with Gasteiger partial charge in [-0.15, -0.1) is 24.0 Å². The van der Waals surface area contributed by atoms with Gasteiger partial charge in [0.25, 0.3) is 0 Å². The molecule has 1 aromatic carbocycles. The number of aryl methyl sites for hydroxylation is 1. The molecule has 1 rings (SSSR count). The minimum absolute atomic E-state index is 0. The van der Waals surface area contributed by atoms with Gasteiger partial charge in [0, 0.05) is 20.1 Å². The summed E-state index contributed by atoms with van der Waals surface area (Å²) < 4.78 is 49.1. The maximum atomic E-state index is 13.1. The van der Waals surface area contributed by atoms with Crippen LogP contribution in [0.2, 0.25) is 0 Å². The first-order valence-electron chi connectivity index (χ1n) is 6.08. The molecule has 21 heavy (non-hydrogen) atoms. The third-order valence-electron chi connectivity index (χ3n) is 2.61. The molecule has 0 aliphatic carbocycles. The molecule has 0 saturated carbocycles. The first-order chi connectivity index (χ1) is 9.31. The Morgan fingerprint density at radius 1 is 1.24 bits per heavy atom. The van der Waals surface area contributed by atoms with E-state index in [-0.39, 0.29) is 42.3 Å². The van der Waals surface area contributed by atoms with Gasteiger partial charge >= 0.3 is 6.18 Å². The summed E-state index contributed by atoms with van der Waals surface area (Å²) in [7, 11) is 1.47. The van der Waals surface area contributed by atoms with Crippen molar-refractivity contribution in [2.75, 3.05) is 13.6 Å². The van der Waals surface area contributed by atoms with Gasteiger partial charge in [0.1, 0.15) is 5.82 Å².